The predicted molar refractivity (Wildman–Crippen MR) is 144 cm³/mol. The first-order valence-electron chi connectivity index (χ1n) is 11.7. The number of benzene rings is 3. The van der Waals surface area contributed by atoms with E-state index in [1.54, 1.807) is 48.8 Å². The Balaban J connectivity index is 1.67. The molecule has 1 aliphatic rings. The number of carbonyl (C=O) groups excluding carboxylic acids is 1. The Hall–Kier alpha value is -4.85. The zero-order chi connectivity index (χ0) is 26.1. The summed E-state index contributed by atoms with van der Waals surface area (Å²) in [6, 6.07) is 24.1. The molecule has 8 nitrogen and oxygen atoms in total. The highest BCUT2D eigenvalue weighted by atomic mass is 16.5. The summed E-state index contributed by atoms with van der Waals surface area (Å²) >= 11 is 0. The molecule has 0 saturated heterocycles. The lowest BCUT2D eigenvalue weighted by Gasteiger charge is -2.17. The van der Waals surface area contributed by atoms with Crippen molar-refractivity contribution in [3.63, 3.8) is 0 Å². The maximum Gasteiger partial charge on any atom is 0.296 e. The summed E-state index contributed by atoms with van der Waals surface area (Å²) < 4.78 is 14.0. The Morgan fingerprint density at radius 3 is 2.14 bits per heavy atom. The van der Waals surface area contributed by atoms with E-state index in [1.807, 2.05) is 73.7 Å². The first-order valence-corrected chi connectivity index (χ1v) is 11.7. The summed E-state index contributed by atoms with van der Waals surface area (Å²) in [6.07, 6.45) is 1.68. The summed E-state index contributed by atoms with van der Waals surface area (Å²) in [6.45, 7) is 1.82. The highest BCUT2D eigenvalue weighted by Gasteiger charge is 2.37. The zero-order valence-electron chi connectivity index (χ0n) is 21.0. The van der Waals surface area contributed by atoms with Gasteiger partial charge in [-0.25, -0.2) is 9.67 Å². The van der Waals surface area contributed by atoms with Gasteiger partial charge in [-0.15, -0.1) is 0 Å². The Labute approximate surface area is 214 Å². The van der Waals surface area contributed by atoms with Crippen molar-refractivity contribution in [2.45, 2.75) is 6.92 Å². The number of amides is 1. The van der Waals surface area contributed by atoms with Crippen LogP contribution in [0.3, 0.4) is 0 Å². The van der Waals surface area contributed by atoms with Gasteiger partial charge in [-0.1, -0.05) is 54.6 Å². The van der Waals surface area contributed by atoms with E-state index in [2.05, 4.69) is 0 Å². The smallest absolute Gasteiger partial charge is 0.296 e. The van der Waals surface area contributed by atoms with E-state index in [9.17, 15) is 9.59 Å². The molecule has 0 atom stereocenters. The number of para-hydroxylation sites is 1. The van der Waals surface area contributed by atoms with Crippen molar-refractivity contribution in [1.82, 2.24) is 9.36 Å². The van der Waals surface area contributed by atoms with Gasteiger partial charge in [0, 0.05) is 12.6 Å². The van der Waals surface area contributed by atoms with E-state index in [4.69, 9.17) is 14.5 Å². The number of ether oxygens (including phenoxy) is 2. The van der Waals surface area contributed by atoms with Crippen molar-refractivity contribution >= 4 is 23.5 Å². The maximum atomic E-state index is 13.9. The fourth-order valence-corrected chi connectivity index (χ4v) is 4.42. The lowest BCUT2D eigenvalue weighted by molar-refractivity contribution is -0.113. The largest absolute Gasteiger partial charge is 0.493 e. The van der Waals surface area contributed by atoms with E-state index in [0.717, 1.165) is 5.56 Å². The molecule has 0 fully saturated rings. The summed E-state index contributed by atoms with van der Waals surface area (Å²) in [7, 11) is 4.92. The number of rotatable bonds is 6. The van der Waals surface area contributed by atoms with Crippen molar-refractivity contribution < 1.29 is 14.3 Å². The van der Waals surface area contributed by atoms with E-state index in [0.29, 0.717) is 34.3 Å². The van der Waals surface area contributed by atoms with Crippen LogP contribution in [0.4, 0.5) is 5.69 Å². The molecule has 1 aromatic heterocycles. The molecule has 0 N–H and O–H groups in total. The van der Waals surface area contributed by atoms with E-state index >= 15 is 0 Å². The van der Waals surface area contributed by atoms with Crippen molar-refractivity contribution in [3.05, 3.63) is 112 Å². The number of anilines is 1. The quantitative estimate of drug-likeness (QED) is 0.374. The fraction of sp³-hybridized carbons (Fsp3) is 0.138. The van der Waals surface area contributed by atoms with Gasteiger partial charge in [0.2, 0.25) is 0 Å². The zero-order valence-corrected chi connectivity index (χ0v) is 21.0. The van der Waals surface area contributed by atoms with Crippen molar-refractivity contribution in [3.8, 4) is 17.2 Å². The van der Waals surface area contributed by atoms with Crippen molar-refractivity contribution in [2.75, 3.05) is 19.1 Å². The highest BCUT2D eigenvalue weighted by molar-refractivity contribution is 6.33. The number of amidine groups is 1. The van der Waals surface area contributed by atoms with Crippen LogP contribution < -0.4 is 19.9 Å². The number of carbonyl (C=O) groups is 1. The normalized spacial score (nSPS) is 14.3. The van der Waals surface area contributed by atoms with E-state index < -0.39 is 0 Å². The van der Waals surface area contributed by atoms with Crippen LogP contribution in [0.5, 0.6) is 11.5 Å². The average molecular weight is 495 g/mol. The van der Waals surface area contributed by atoms with E-state index in [1.165, 1.54) is 4.90 Å². The minimum atomic E-state index is -0.389. The Morgan fingerprint density at radius 1 is 0.838 bits per heavy atom. The summed E-state index contributed by atoms with van der Waals surface area (Å²) in [5.41, 5.74) is 2.93. The van der Waals surface area contributed by atoms with Gasteiger partial charge in [0.1, 0.15) is 17.2 Å². The number of nitrogens with zero attached hydrogens (tertiary/aromatic N) is 4. The third-order valence-electron chi connectivity index (χ3n) is 6.35. The topological polar surface area (TPSA) is 78.1 Å². The average Bonchev–Trinajstić information content (AvgIpc) is 3.36. The molecule has 0 unspecified atom stereocenters. The van der Waals surface area contributed by atoms with Crippen molar-refractivity contribution in [1.29, 1.82) is 0 Å². The van der Waals surface area contributed by atoms with Gasteiger partial charge in [0.25, 0.3) is 11.5 Å². The van der Waals surface area contributed by atoms with Gasteiger partial charge in [0.05, 0.1) is 25.6 Å². The molecule has 37 heavy (non-hydrogen) atoms. The van der Waals surface area contributed by atoms with Gasteiger partial charge in [-0.2, -0.15) is 0 Å². The number of aliphatic imine (C=N–C) groups is 1. The van der Waals surface area contributed by atoms with Crippen LogP contribution in [0.1, 0.15) is 16.8 Å². The maximum absolute atomic E-state index is 13.9. The number of hydrogen-bond acceptors (Lipinski definition) is 5. The van der Waals surface area contributed by atoms with Gasteiger partial charge < -0.3 is 9.47 Å². The lowest BCUT2D eigenvalue weighted by Crippen LogP contribution is -2.36. The van der Waals surface area contributed by atoms with Crippen LogP contribution in [0.15, 0.2) is 94.3 Å². The van der Waals surface area contributed by atoms with Gasteiger partial charge in [-0.05, 0) is 42.8 Å². The predicted octanol–water partition coefficient (Wildman–Crippen LogP) is 4.34. The first kappa shape index (κ1) is 23.9. The third-order valence-corrected chi connectivity index (χ3v) is 6.35. The minimum Gasteiger partial charge on any atom is -0.493 e. The molecular weight excluding hydrogens is 468 g/mol. The van der Waals surface area contributed by atoms with Gasteiger partial charge >= 0.3 is 0 Å². The highest BCUT2D eigenvalue weighted by Crippen LogP contribution is 2.32. The molecule has 0 saturated carbocycles. The number of methoxy groups -OCH3 is 2. The molecule has 0 aliphatic carbocycles. The second kappa shape index (κ2) is 9.66. The van der Waals surface area contributed by atoms with Crippen LogP contribution in [0.2, 0.25) is 0 Å². The summed E-state index contributed by atoms with van der Waals surface area (Å²) in [4.78, 5) is 33.8. The number of hydrogen-bond donors (Lipinski definition) is 0. The van der Waals surface area contributed by atoms with Crippen LogP contribution in [-0.4, -0.2) is 35.3 Å². The Morgan fingerprint density at radius 2 is 1.49 bits per heavy atom. The minimum absolute atomic E-state index is 0.208. The second-order valence-electron chi connectivity index (χ2n) is 8.50. The third kappa shape index (κ3) is 4.12. The molecule has 1 amide bonds. The standard InChI is InChI=1S/C29H26N4O4/c1-19-26(29(35)33(31(19)2)22-13-9-6-10-14-22)32-27(21-11-7-5-8-12-21)30-23(28(32)34)17-20-15-16-24(36-3)25(18-20)37-4/h5-18H,1-4H3/b23-17+. The lowest BCUT2D eigenvalue weighted by atomic mass is 10.1. The molecule has 4 aromatic rings. The number of aromatic nitrogens is 2. The first-order chi connectivity index (χ1) is 17.9. The SMILES string of the molecule is COc1ccc(/C=C2/N=C(c3ccccc3)N(c3c(C)n(C)n(-c4ccccc4)c3=O)C2=O)cc1OC. The molecule has 8 heteroatoms. The summed E-state index contributed by atoms with van der Waals surface area (Å²) in [5, 5.41) is 0. The Bertz CT molecular complexity index is 1600. The monoisotopic (exact) mass is 494 g/mol. The fourth-order valence-electron chi connectivity index (χ4n) is 4.42. The summed E-state index contributed by atoms with van der Waals surface area (Å²) in [5.74, 6) is 1.12. The van der Waals surface area contributed by atoms with Crippen LogP contribution in [-0.2, 0) is 11.8 Å². The van der Waals surface area contributed by atoms with Gasteiger partial charge in [0.15, 0.2) is 11.5 Å². The molecular formula is C29H26N4O4. The molecule has 5 rings (SSSR count). The molecule has 3 aromatic carbocycles. The van der Waals surface area contributed by atoms with Crippen LogP contribution in [0.25, 0.3) is 11.8 Å². The van der Waals surface area contributed by atoms with Crippen LogP contribution >= 0.6 is 0 Å². The molecule has 0 bridgehead atoms. The molecule has 2 heterocycles. The van der Waals surface area contributed by atoms with Crippen LogP contribution in [0, 0.1) is 6.92 Å². The van der Waals surface area contributed by atoms with Crippen molar-refractivity contribution in [2.24, 2.45) is 12.0 Å². The Kier molecular flexibility index (Phi) is 6.23. The second-order valence-corrected chi connectivity index (χ2v) is 8.50. The van der Waals surface area contributed by atoms with E-state index in [-0.39, 0.29) is 22.9 Å². The molecule has 0 spiro atoms. The molecule has 1 aliphatic heterocycles. The molecule has 186 valence electrons. The molecule has 0 radical (unpaired) electrons. The van der Waals surface area contributed by atoms with Gasteiger partial charge in [-0.3, -0.25) is 19.2 Å².